The number of sulfonamides is 1. The Morgan fingerprint density at radius 3 is 2.65 bits per heavy atom. The molecule has 1 saturated carbocycles. The lowest BCUT2D eigenvalue weighted by Gasteiger charge is -2.14. The van der Waals surface area contributed by atoms with Gasteiger partial charge >= 0.3 is 0 Å². The number of nitrogens with one attached hydrogen (secondary N) is 2. The van der Waals surface area contributed by atoms with Gasteiger partial charge in [-0.2, -0.15) is 0 Å². The van der Waals surface area contributed by atoms with E-state index in [0.29, 0.717) is 17.5 Å². The fraction of sp³-hybridized carbons (Fsp3) is 0.571. The van der Waals surface area contributed by atoms with E-state index in [2.05, 4.69) is 17.0 Å². The summed E-state index contributed by atoms with van der Waals surface area (Å²) < 4.78 is 27.4. The van der Waals surface area contributed by atoms with Crippen molar-refractivity contribution in [2.75, 3.05) is 7.05 Å². The third kappa shape index (κ3) is 3.73. The molecule has 2 rings (SSSR count). The van der Waals surface area contributed by atoms with Crippen LogP contribution < -0.4 is 10.0 Å². The molecule has 0 saturated heterocycles. The lowest BCUT2D eigenvalue weighted by atomic mass is 10.1. The summed E-state index contributed by atoms with van der Waals surface area (Å²) in [4.78, 5) is 0.238. The fourth-order valence-corrected chi connectivity index (χ4v) is 4.25. The van der Waals surface area contributed by atoms with Crippen LogP contribution in [0.4, 0.5) is 0 Å². The summed E-state index contributed by atoms with van der Waals surface area (Å²) >= 11 is 6.12. The molecule has 112 valence electrons. The Hall–Kier alpha value is -0.620. The molecule has 0 spiro atoms. The summed E-state index contributed by atoms with van der Waals surface area (Å²) in [6.07, 6.45) is 2.89. The van der Waals surface area contributed by atoms with E-state index < -0.39 is 10.0 Å². The number of rotatable bonds is 5. The number of hydrogen-bond acceptors (Lipinski definition) is 3. The molecule has 2 N–H and O–H groups in total. The molecular formula is C14H21ClN2O2S. The van der Waals surface area contributed by atoms with Gasteiger partial charge in [-0.1, -0.05) is 24.6 Å². The molecule has 1 aromatic rings. The second-order valence-electron chi connectivity index (χ2n) is 5.52. The lowest BCUT2D eigenvalue weighted by molar-refractivity contribution is 0.538. The zero-order chi connectivity index (χ0) is 14.8. The summed E-state index contributed by atoms with van der Waals surface area (Å²) in [5.74, 6) is 0.587. The summed E-state index contributed by atoms with van der Waals surface area (Å²) in [5.41, 5.74) is 0.891. The predicted molar refractivity (Wildman–Crippen MR) is 81.3 cm³/mol. The van der Waals surface area contributed by atoms with Crippen LogP contribution in [0, 0.1) is 5.92 Å². The first kappa shape index (κ1) is 15.8. The molecule has 1 fully saturated rings. The molecule has 6 heteroatoms. The summed E-state index contributed by atoms with van der Waals surface area (Å²) in [6.45, 7) is 2.77. The van der Waals surface area contributed by atoms with E-state index in [4.69, 9.17) is 11.6 Å². The van der Waals surface area contributed by atoms with E-state index in [0.717, 1.165) is 24.8 Å². The molecule has 2 unspecified atom stereocenters. The van der Waals surface area contributed by atoms with Crippen molar-refractivity contribution in [2.45, 2.75) is 43.7 Å². The van der Waals surface area contributed by atoms with Crippen LogP contribution in [-0.2, 0) is 16.6 Å². The summed E-state index contributed by atoms with van der Waals surface area (Å²) in [7, 11) is -1.65. The third-order valence-electron chi connectivity index (χ3n) is 3.72. The maximum absolute atomic E-state index is 12.3. The Labute approximate surface area is 126 Å². The first-order valence-electron chi connectivity index (χ1n) is 6.87. The molecule has 1 aliphatic carbocycles. The molecule has 20 heavy (non-hydrogen) atoms. The predicted octanol–water partition coefficient (Wildman–Crippen LogP) is 2.53. The Kier molecular flexibility index (Phi) is 5.07. The van der Waals surface area contributed by atoms with Gasteiger partial charge in [-0.3, -0.25) is 0 Å². The van der Waals surface area contributed by atoms with E-state index in [1.807, 2.05) is 7.05 Å². The lowest BCUT2D eigenvalue weighted by Crippen LogP contribution is -2.33. The van der Waals surface area contributed by atoms with Gasteiger partial charge in [0.05, 0.1) is 4.90 Å². The van der Waals surface area contributed by atoms with Crippen LogP contribution in [0.1, 0.15) is 31.7 Å². The van der Waals surface area contributed by atoms with E-state index in [9.17, 15) is 8.42 Å². The molecule has 0 amide bonds. The van der Waals surface area contributed by atoms with Gasteiger partial charge in [0, 0.05) is 17.6 Å². The van der Waals surface area contributed by atoms with Crippen molar-refractivity contribution in [1.82, 2.24) is 10.0 Å². The Bertz CT molecular complexity index is 575. The van der Waals surface area contributed by atoms with Gasteiger partial charge in [0.2, 0.25) is 10.0 Å². The standard InChI is InChI=1S/C14H21ClN2O2S/c1-10-3-5-12(7-10)17-20(18,19)13-6-4-11(9-16-2)14(15)8-13/h4,6,8,10,12,16-17H,3,5,7,9H2,1-2H3. The van der Waals surface area contributed by atoms with Crippen LogP contribution in [0.25, 0.3) is 0 Å². The zero-order valence-electron chi connectivity index (χ0n) is 11.8. The molecular weight excluding hydrogens is 296 g/mol. The second-order valence-corrected chi connectivity index (χ2v) is 7.64. The number of hydrogen-bond donors (Lipinski definition) is 2. The van der Waals surface area contributed by atoms with Crippen LogP contribution in [0.5, 0.6) is 0 Å². The van der Waals surface area contributed by atoms with E-state index >= 15 is 0 Å². The SMILES string of the molecule is CNCc1ccc(S(=O)(=O)NC2CCC(C)C2)cc1Cl. The molecule has 2 atom stereocenters. The van der Waals surface area contributed by atoms with Gasteiger partial charge in [0.25, 0.3) is 0 Å². The molecule has 0 bridgehead atoms. The van der Waals surface area contributed by atoms with E-state index in [-0.39, 0.29) is 10.9 Å². The van der Waals surface area contributed by atoms with Gasteiger partial charge in [0.1, 0.15) is 0 Å². The van der Waals surface area contributed by atoms with Gasteiger partial charge < -0.3 is 5.32 Å². The molecule has 0 aliphatic heterocycles. The van der Waals surface area contributed by atoms with Crippen LogP contribution in [0.15, 0.2) is 23.1 Å². The first-order valence-corrected chi connectivity index (χ1v) is 8.74. The van der Waals surface area contributed by atoms with Crippen molar-refractivity contribution in [2.24, 2.45) is 5.92 Å². The molecule has 0 heterocycles. The average Bonchev–Trinajstić information content (AvgIpc) is 2.76. The highest BCUT2D eigenvalue weighted by atomic mass is 35.5. The minimum absolute atomic E-state index is 0.0470. The molecule has 1 aromatic carbocycles. The first-order chi connectivity index (χ1) is 9.42. The minimum atomic E-state index is -3.48. The summed E-state index contributed by atoms with van der Waals surface area (Å²) in [5, 5.41) is 3.47. The Balaban J connectivity index is 2.15. The van der Waals surface area contributed by atoms with E-state index in [1.54, 1.807) is 12.1 Å². The summed E-state index contributed by atoms with van der Waals surface area (Å²) in [6, 6.07) is 4.93. The van der Waals surface area contributed by atoms with Crippen molar-refractivity contribution in [1.29, 1.82) is 0 Å². The van der Waals surface area contributed by atoms with Crippen molar-refractivity contribution >= 4 is 21.6 Å². The molecule has 0 aromatic heterocycles. The van der Waals surface area contributed by atoms with Crippen molar-refractivity contribution in [3.8, 4) is 0 Å². The number of benzene rings is 1. The maximum Gasteiger partial charge on any atom is 0.240 e. The van der Waals surface area contributed by atoms with Crippen LogP contribution in [0.3, 0.4) is 0 Å². The van der Waals surface area contributed by atoms with Gasteiger partial charge in [0.15, 0.2) is 0 Å². The Morgan fingerprint density at radius 1 is 1.35 bits per heavy atom. The van der Waals surface area contributed by atoms with Crippen molar-refractivity contribution < 1.29 is 8.42 Å². The highest BCUT2D eigenvalue weighted by Crippen LogP contribution is 2.27. The molecule has 0 radical (unpaired) electrons. The average molecular weight is 317 g/mol. The monoisotopic (exact) mass is 316 g/mol. The maximum atomic E-state index is 12.3. The smallest absolute Gasteiger partial charge is 0.240 e. The zero-order valence-corrected chi connectivity index (χ0v) is 13.4. The van der Waals surface area contributed by atoms with E-state index in [1.165, 1.54) is 6.07 Å². The largest absolute Gasteiger partial charge is 0.316 e. The highest BCUT2D eigenvalue weighted by Gasteiger charge is 2.26. The van der Waals surface area contributed by atoms with Gasteiger partial charge in [-0.25, -0.2) is 13.1 Å². The van der Waals surface area contributed by atoms with Gasteiger partial charge in [-0.05, 0) is 49.9 Å². The number of halogens is 1. The highest BCUT2D eigenvalue weighted by molar-refractivity contribution is 7.89. The molecule has 4 nitrogen and oxygen atoms in total. The normalized spacial score (nSPS) is 23.1. The van der Waals surface area contributed by atoms with Crippen molar-refractivity contribution in [3.63, 3.8) is 0 Å². The van der Waals surface area contributed by atoms with Crippen LogP contribution in [-0.4, -0.2) is 21.5 Å². The van der Waals surface area contributed by atoms with Crippen molar-refractivity contribution in [3.05, 3.63) is 28.8 Å². The fourth-order valence-electron chi connectivity index (χ4n) is 2.63. The third-order valence-corrected chi connectivity index (χ3v) is 5.59. The quantitative estimate of drug-likeness (QED) is 0.877. The minimum Gasteiger partial charge on any atom is -0.316 e. The van der Waals surface area contributed by atoms with Gasteiger partial charge in [-0.15, -0.1) is 0 Å². The topological polar surface area (TPSA) is 58.2 Å². The van der Waals surface area contributed by atoms with Crippen LogP contribution in [0.2, 0.25) is 5.02 Å². The molecule has 1 aliphatic rings. The Morgan fingerprint density at radius 2 is 2.10 bits per heavy atom. The second kappa shape index (κ2) is 6.43. The van der Waals surface area contributed by atoms with Crippen LogP contribution >= 0.6 is 11.6 Å².